The fraction of sp³-hybridized carbons (Fsp3) is 0.500. The minimum atomic E-state index is -0.570. The highest BCUT2D eigenvalue weighted by atomic mass is 19.1. The molecule has 2 rings (SSSR count). The Morgan fingerprint density at radius 1 is 1.47 bits per heavy atom. The molecule has 104 valence electrons. The highest BCUT2D eigenvalue weighted by molar-refractivity contribution is 5.75. The molecule has 1 heterocycles. The summed E-state index contributed by atoms with van der Waals surface area (Å²) in [4.78, 5) is 12.9. The Labute approximate surface area is 110 Å². The van der Waals surface area contributed by atoms with Crippen LogP contribution in [0.4, 0.5) is 8.78 Å². The maximum atomic E-state index is 13.8. The SMILES string of the molecule is CC(=O)CCN1CC(O)CC1c1cc(F)ccc1F. The van der Waals surface area contributed by atoms with Crippen LogP contribution in [0.1, 0.15) is 31.4 Å². The second kappa shape index (κ2) is 5.75. The maximum absolute atomic E-state index is 13.8. The van der Waals surface area contributed by atoms with Crippen LogP contribution in [0.25, 0.3) is 0 Å². The van der Waals surface area contributed by atoms with Gasteiger partial charge in [-0.15, -0.1) is 0 Å². The lowest BCUT2D eigenvalue weighted by Crippen LogP contribution is -2.27. The third kappa shape index (κ3) is 3.36. The van der Waals surface area contributed by atoms with Crippen molar-refractivity contribution in [3.8, 4) is 0 Å². The van der Waals surface area contributed by atoms with E-state index in [0.29, 0.717) is 25.9 Å². The van der Waals surface area contributed by atoms with E-state index in [0.717, 1.165) is 12.1 Å². The van der Waals surface area contributed by atoms with Crippen LogP contribution in [-0.4, -0.2) is 35.0 Å². The Morgan fingerprint density at radius 2 is 2.21 bits per heavy atom. The van der Waals surface area contributed by atoms with E-state index in [1.165, 1.54) is 13.0 Å². The van der Waals surface area contributed by atoms with Crippen LogP contribution in [0.3, 0.4) is 0 Å². The number of halogens is 2. The van der Waals surface area contributed by atoms with Gasteiger partial charge < -0.3 is 5.11 Å². The van der Waals surface area contributed by atoms with Crippen molar-refractivity contribution >= 4 is 5.78 Å². The Bertz CT molecular complexity index is 479. The van der Waals surface area contributed by atoms with Gasteiger partial charge in [0.25, 0.3) is 0 Å². The van der Waals surface area contributed by atoms with Gasteiger partial charge >= 0.3 is 0 Å². The third-order valence-corrected chi connectivity index (χ3v) is 3.45. The van der Waals surface area contributed by atoms with Gasteiger partial charge in [0.15, 0.2) is 0 Å². The summed E-state index contributed by atoms with van der Waals surface area (Å²) in [5.74, 6) is -0.933. The lowest BCUT2D eigenvalue weighted by Gasteiger charge is -2.24. The van der Waals surface area contributed by atoms with Crippen molar-refractivity contribution in [2.45, 2.75) is 31.9 Å². The molecule has 1 aliphatic rings. The molecule has 0 spiro atoms. The number of rotatable bonds is 4. The van der Waals surface area contributed by atoms with Crippen LogP contribution < -0.4 is 0 Å². The fourth-order valence-corrected chi connectivity index (χ4v) is 2.52. The Morgan fingerprint density at radius 3 is 2.89 bits per heavy atom. The molecule has 0 aliphatic carbocycles. The number of benzene rings is 1. The van der Waals surface area contributed by atoms with Crippen molar-refractivity contribution in [1.29, 1.82) is 0 Å². The topological polar surface area (TPSA) is 40.5 Å². The fourth-order valence-electron chi connectivity index (χ4n) is 2.52. The van der Waals surface area contributed by atoms with E-state index in [2.05, 4.69) is 0 Å². The smallest absolute Gasteiger partial charge is 0.131 e. The van der Waals surface area contributed by atoms with E-state index in [9.17, 15) is 18.7 Å². The van der Waals surface area contributed by atoms with Gasteiger partial charge in [-0.05, 0) is 31.5 Å². The number of carbonyl (C=O) groups excluding carboxylic acids is 1. The van der Waals surface area contributed by atoms with Gasteiger partial charge in [-0.2, -0.15) is 0 Å². The largest absolute Gasteiger partial charge is 0.392 e. The molecule has 0 amide bonds. The first-order chi connectivity index (χ1) is 8.97. The van der Waals surface area contributed by atoms with Gasteiger partial charge in [-0.1, -0.05) is 0 Å². The molecule has 3 nitrogen and oxygen atoms in total. The van der Waals surface area contributed by atoms with Gasteiger partial charge in [0, 0.05) is 31.1 Å². The minimum absolute atomic E-state index is 0.0415. The van der Waals surface area contributed by atoms with Crippen molar-refractivity contribution in [3.63, 3.8) is 0 Å². The number of hydrogen-bond acceptors (Lipinski definition) is 3. The first-order valence-electron chi connectivity index (χ1n) is 6.34. The average molecular weight is 269 g/mol. The Hall–Kier alpha value is -1.33. The summed E-state index contributed by atoms with van der Waals surface area (Å²) in [5.41, 5.74) is 0.250. The molecule has 0 saturated carbocycles. The molecule has 19 heavy (non-hydrogen) atoms. The summed E-state index contributed by atoms with van der Waals surface area (Å²) in [7, 11) is 0. The molecule has 1 saturated heterocycles. The molecule has 2 unspecified atom stereocenters. The predicted octanol–water partition coefficient (Wildman–Crippen LogP) is 2.05. The zero-order valence-corrected chi connectivity index (χ0v) is 10.8. The van der Waals surface area contributed by atoms with E-state index in [1.54, 1.807) is 0 Å². The third-order valence-electron chi connectivity index (χ3n) is 3.45. The number of β-amino-alcohol motifs (C(OH)–C–C–N with tert-alkyl or cyclic N) is 1. The van der Waals surface area contributed by atoms with Crippen LogP contribution in [-0.2, 0) is 4.79 Å². The number of likely N-dealkylation sites (tertiary alicyclic amines) is 1. The number of aliphatic hydroxyl groups excluding tert-OH is 1. The highest BCUT2D eigenvalue weighted by Gasteiger charge is 2.33. The normalized spacial score (nSPS) is 23.8. The van der Waals surface area contributed by atoms with E-state index in [4.69, 9.17) is 0 Å². The van der Waals surface area contributed by atoms with Crippen LogP contribution >= 0.6 is 0 Å². The quantitative estimate of drug-likeness (QED) is 0.909. The molecular formula is C14H17F2NO2. The number of nitrogens with zero attached hydrogens (tertiary/aromatic N) is 1. The minimum Gasteiger partial charge on any atom is -0.392 e. The molecule has 1 fully saturated rings. The van der Waals surface area contributed by atoms with E-state index < -0.39 is 17.7 Å². The van der Waals surface area contributed by atoms with Crippen LogP contribution in [0.5, 0.6) is 0 Å². The monoisotopic (exact) mass is 269 g/mol. The van der Waals surface area contributed by atoms with Crippen molar-refractivity contribution in [2.75, 3.05) is 13.1 Å². The second-order valence-electron chi connectivity index (χ2n) is 5.02. The highest BCUT2D eigenvalue weighted by Crippen LogP contribution is 2.33. The first-order valence-corrected chi connectivity index (χ1v) is 6.34. The number of carbonyl (C=O) groups is 1. The standard InChI is InChI=1S/C14H17F2NO2/c1-9(18)4-5-17-8-11(19)7-14(17)12-6-10(15)2-3-13(12)16/h2-3,6,11,14,19H,4-5,7-8H2,1H3. The predicted molar refractivity (Wildman–Crippen MR) is 66.6 cm³/mol. The molecule has 1 aromatic rings. The maximum Gasteiger partial charge on any atom is 0.131 e. The molecule has 1 N–H and O–H groups in total. The Balaban J connectivity index is 2.20. The molecule has 0 aromatic heterocycles. The van der Waals surface area contributed by atoms with E-state index in [-0.39, 0.29) is 17.4 Å². The van der Waals surface area contributed by atoms with Gasteiger partial charge in [0.2, 0.25) is 0 Å². The van der Waals surface area contributed by atoms with Crippen LogP contribution in [0.15, 0.2) is 18.2 Å². The summed E-state index contributed by atoms with van der Waals surface area (Å²) >= 11 is 0. The lowest BCUT2D eigenvalue weighted by molar-refractivity contribution is -0.117. The Kier molecular flexibility index (Phi) is 4.27. The number of hydrogen-bond donors (Lipinski definition) is 1. The second-order valence-corrected chi connectivity index (χ2v) is 5.02. The van der Waals surface area contributed by atoms with E-state index >= 15 is 0 Å². The molecule has 0 bridgehead atoms. The first kappa shape index (κ1) is 14.1. The van der Waals surface area contributed by atoms with E-state index in [1.807, 2.05) is 4.90 Å². The zero-order chi connectivity index (χ0) is 14.0. The van der Waals surface area contributed by atoms with Gasteiger partial charge in [-0.3, -0.25) is 9.69 Å². The summed E-state index contributed by atoms with van der Waals surface area (Å²) in [6.07, 6.45) is 0.137. The van der Waals surface area contributed by atoms with Gasteiger partial charge in [0.1, 0.15) is 17.4 Å². The van der Waals surface area contributed by atoms with Crippen molar-refractivity contribution in [1.82, 2.24) is 4.90 Å². The summed E-state index contributed by atoms with van der Waals surface area (Å²) < 4.78 is 27.0. The van der Waals surface area contributed by atoms with Crippen LogP contribution in [0, 0.1) is 11.6 Å². The molecular weight excluding hydrogens is 252 g/mol. The number of ketones is 1. The lowest BCUT2D eigenvalue weighted by atomic mass is 10.0. The molecule has 1 aliphatic heterocycles. The molecule has 2 atom stereocenters. The van der Waals surface area contributed by atoms with Crippen molar-refractivity contribution < 1.29 is 18.7 Å². The van der Waals surface area contributed by atoms with Crippen LogP contribution in [0.2, 0.25) is 0 Å². The average Bonchev–Trinajstić information content (AvgIpc) is 2.71. The number of Topliss-reactive ketones (excluding diaryl/α,β-unsaturated/α-hetero) is 1. The van der Waals surface area contributed by atoms with Crippen molar-refractivity contribution in [2.24, 2.45) is 0 Å². The molecule has 5 heteroatoms. The zero-order valence-electron chi connectivity index (χ0n) is 10.8. The van der Waals surface area contributed by atoms with Gasteiger partial charge in [0.05, 0.1) is 6.10 Å². The molecule has 0 radical (unpaired) electrons. The summed E-state index contributed by atoms with van der Waals surface area (Å²) in [6, 6.07) is 2.96. The number of aliphatic hydroxyl groups is 1. The van der Waals surface area contributed by atoms with Gasteiger partial charge in [-0.25, -0.2) is 8.78 Å². The summed E-state index contributed by atoms with van der Waals surface area (Å²) in [5, 5.41) is 9.71. The molecule has 1 aromatic carbocycles. The summed E-state index contributed by atoms with van der Waals surface area (Å²) in [6.45, 7) is 2.32. The van der Waals surface area contributed by atoms with Crippen molar-refractivity contribution in [3.05, 3.63) is 35.4 Å².